The van der Waals surface area contributed by atoms with Crippen molar-refractivity contribution >= 4 is 40.7 Å². The second kappa shape index (κ2) is 10.2. The number of benzene rings is 2. The number of aromatic nitrogens is 2. The van der Waals surface area contributed by atoms with Gasteiger partial charge in [-0.3, -0.25) is 25.0 Å². The fourth-order valence-corrected chi connectivity index (χ4v) is 3.49. The number of hydrazone groups is 2. The van der Waals surface area contributed by atoms with Gasteiger partial charge >= 0.3 is 0 Å². The Morgan fingerprint density at radius 3 is 1.97 bits per heavy atom. The maximum atomic E-state index is 13.1. The predicted octanol–water partition coefficient (Wildman–Crippen LogP) is 2.06. The molecular weight excluding hydrogens is 436 g/mol. The molecule has 10 nitrogen and oxygen atoms in total. The number of hydrogen-bond donors (Lipinski definition) is 1. The van der Waals surface area contributed by atoms with Gasteiger partial charge < -0.3 is 11.0 Å². The Balaban J connectivity index is 0.00000162. The van der Waals surface area contributed by atoms with Crippen LogP contribution in [0.2, 0.25) is 0 Å². The highest BCUT2D eigenvalue weighted by atomic mass is 16.2. The van der Waals surface area contributed by atoms with Crippen LogP contribution in [0.15, 0.2) is 89.6 Å². The fraction of sp³-hybridized carbons (Fsp3) is 0. The van der Waals surface area contributed by atoms with Crippen LogP contribution in [-0.4, -0.2) is 50.2 Å². The van der Waals surface area contributed by atoms with Crippen molar-refractivity contribution in [3.8, 4) is 0 Å². The van der Waals surface area contributed by atoms with Gasteiger partial charge in [0, 0.05) is 35.6 Å². The van der Waals surface area contributed by atoms with E-state index in [-0.39, 0.29) is 11.0 Å². The van der Waals surface area contributed by atoms with E-state index in [1.807, 2.05) is 18.2 Å². The van der Waals surface area contributed by atoms with E-state index < -0.39 is 11.8 Å². The van der Waals surface area contributed by atoms with Crippen LogP contribution in [0.5, 0.6) is 0 Å². The van der Waals surface area contributed by atoms with E-state index >= 15 is 0 Å². The molecule has 0 unspecified atom stereocenters. The van der Waals surface area contributed by atoms with Gasteiger partial charge in [-0.05, 0) is 53.6 Å². The minimum atomic E-state index is -0.476. The molecular formula is C24H20N6O4. The fourth-order valence-electron chi connectivity index (χ4n) is 3.49. The van der Waals surface area contributed by atoms with E-state index in [1.54, 1.807) is 67.4 Å². The molecule has 1 aliphatic rings. The van der Waals surface area contributed by atoms with Gasteiger partial charge in [-0.1, -0.05) is 12.1 Å². The Hall–Kier alpha value is -4.80. The minimum absolute atomic E-state index is 0. The Bertz CT molecular complexity index is 1370. The lowest BCUT2D eigenvalue weighted by Gasteiger charge is -2.24. The van der Waals surface area contributed by atoms with E-state index in [9.17, 15) is 9.59 Å². The Morgan fingerprint density at radius 1 is 0.735 bits per heavy atom. The Labute approximate surface area is 193 Å². The number of rotatable bonds is 5. The molecule has 1 aliphatic heterocycles. The van der Waals surface area contributed by atoms with Gasteiger partial charge in [0.25, 0.3) is 11.8 Å². The van der Waals surface area contributed by atoms with Crippen LogP contribution in [0, 0.1) is 0 Å². The molecule has 2 aromatic heterocycles. The van der Waals surface area contributed by atoms with Crippen LogP contribution in [0.4, 0.5) is 5.69 Å². The van der Waals surface area contributed by atoms with Crippen molar-refractivity contribution in [2.24, 2.45) is 10.2 Å². The van der Waals surface area contributed by atoms with Crippen LogP contribution in [-0.2, 0) is 0 Å². The highest BCUT2D eigenvalue weighted by Crippen LogP contribution is 2.34. The van der Waals surface area contributed by atoms with Crippen LogP contribution < -0.4 is 5.43 Å². The van der Waals surface area contributed by atoms with Gasteiger partial charge in [0.1, 0.15) is 0 Å². The molecule has 0 saturated carbocycles. The number of carbonyl (C=O) groups excluding carboxylic acids is 2. The summed E-state index contributed by atoms with van der Waals surface area (Å²) in [4.78, 5) is 34.1. The monoisotopic (exact) mass is 456 g/mol. The number of amides is 2. The number of nitrogens with zero attached hydrogens (tertiary/aromatic N) is 5. The molecule has 3 heterocycles. The third-order valence-corrected chi connectivity index (χ3v) is 5.02. The minimum Gasteiger partial charge on any atom is -0.412 e. The molecule has 0 fully saturated rings. The molecule has 4 aromatic rings. The molecule has 10 heteroatoms. The lowest BCUT2D eigenvalue weighted by molar-refractivity contribution is 0.0616. The average molecular weight is 456 g/mol. The van der Waals surface area contributed by atoms with Crippen molar-refractivity contribution in [3.05, 3.63) is 102 Å². The van der Waals surface area contributed by atoms with Crippen molar-refractivity contribution in [1.29, 1.82) is 0 Å². The molecule has 0 spiro atoms. The summed E-state index contributed by atoms with van der Waals surface area (Å²) in [7, 11) is 0. The zero-order valence-corrected chi connectivity index (χ0v) is 17.7. The van der Waals surface area contributed by atoms with E-state index in [2.05, 4.69) is 25.6 Å². The average Bonchev–Trinajstić information content (AvgIpc) is 2.84. The summed E-state index contributed by atoms with van der Waals surface area (Å²) < 4.78 is 0. The highest BCUT2D eigenvalue weighted by Gasteiger charge is 2.33. The smallest absolute Gasteiger partial charge is 0.282 e. The summed E-state index contributed by atoms with van der Waals surface area (Å²) in [5, 5.41) is 10.6. The third kappa shape index (κ3) is 4.39. The predicted molar refractivity (Wildman–Crippen MR) is 129 cm³/mol. The molecule has 34 heavy (non-hydrogen) atoms. The van der Waals surface area contributed by atoms with E-state index in [0.29, 0.717) is 22.2 Å². The first-order chi connectivity index (χ1) is 15.7. The quantitative estimate of drug-likeness (QED) is 0.275. The molecule has 2 aromatic carbocycles. The molecule has 170 valence electrons. The van der Waals surface area contributed by atoms with Crippen LogP contribution >= 0.6 is 0 Å². The standard InChI is InChI=1S/C24H16N6O2.2H2O/c31-23-19-3-1-2-18-21(29-27-14-16-6-10-25-11-7-16)5-4-20(22(18)19)24(32)30(23)28-15-17-8-12-26-13-9-17;;/h1-15,29H;2*1H2/b27-14+,28-15+;;. The highest BCUT2D eigenvalue weighted by molar-refractivity contribution is 6.26. The van der Waals surface area contributed by atoms with E-state index in [1.165, 1.54) is 6.21 Å². The molecule has 2 amide bonds. The summed E-state index contributed by atoms with van der Waals surface area (Å²) in [5.41, 5.74) is 6.13. The summed E-state index contributed by atoms with van der Waals surface area (Å²) in [6, 6.07) is 15.9. The van der Waals surface area contributed by atoms with E-state index in [0.717, 1.165) is 21.5 Å². The van der Waals surface area contributed by atoms with Gasteiger partial charge in [-0.25, -0.2) is 0 Å². The maximum Gasteiger partial charge on any atom is 0.282 e. The van der Waals surface area contributed by atoms with Gasteiger partial charge in [0.2, 0.25) is 0 Å². The number of carbonyl (C=O) groups is 2. The Morgan fingerprint density at radius 2 is 1.32 bits per heavy atom. The van der Waals surface area contributed by atoms with Crippen LogP contribution in [0.3, 0.4) is 0 Å². The van der Waals surface area contributed by atoms with Crippen LogP contribution in [0.25, 0.3) is 10.8 Å². The maximum absolute atomic E-state index is 13.1. The first kappa shape index (κ1) is 23.9. The lowest BCUT2D eigenvalue weighted by Crippen LogP contribution is -2.36. The first-order valence-electron chi connectivity index (χ1n) is 9.80. The third-order valence-electron chi connectivity index (χ3n) is 5.02. The van der Waals surface area contributed by atoms with Crippen molar-refractivity contribution in [2.75, 3.05) is 5.43 Å². The molecule has 0 radical (unpaired) electrons. The number of hydrogen-bond acceptors (Lipinski definition) is 7. The van der Waals surface area contributed by atoms with Crippen molar-refractivity contribution < 1.29 is 20.5 Å². The van der Waals surface area contributed by atoms with Crippen molar-refractivity contribution in [3.63, 3.8) is 0 Å². The van der Waals surface area contributed by atoms with Gasteiger partial charge in [0.05, 0.1) is 29.2 Å². The topological polar surface area (TPSA) is 163 Å². The summed E-state index contributed by atoms with van der Waals surface area (Å²) in [6.45, 7) is 0. The van der Waals surface area contributed by atoms with Gasteiger partial charge in [-0.2, -0.15) is 15.2 Å². The largest absolute Gasteiger partial charge is 0.412 e. The second-order valence-corrected chi connectivity index (χ2v) is 6.99. The number of imide groups is 1. The Kier molecular flexibility index (Phi) is 7.16. The molecule has 0 aliphatic carbocycles. The SMILES string of the molecule is O.O.O=C1c2cccc3c(N/N=C/c4ccncc4)ccc(c23)C(=O)N1/N=C/c1ccncc1. The summed E-state index contributed by atoms with van der Waals surface area (Å²) >= 11 is 0. The summed E-state index contributed by atoms with van der Waals surface area (Å²) in [5.74, 6) is -0.952. The van der Waals surface area contributed by atoms with Gasteiger partial charge in [0.15, 0.2) is 0 Å². The molecule has 0 saturated heterocycles. The van der Waals surface area contributed by atoms with Crippen molar-refractivity contribution in [1.82, 2.24) is 15.0 Å². The zero-order chi connectivity index (χ0) is 21.9. The van der Waals surface area contributed by atoms with Crippen LogP contribution in [0.1, 0.15) is 31.8 Å². The molecule has 5 rings (SSSR count). The number of nitrogens with one attached hydrogen (secondary N) is 1. The molecule has 0 atom stereocenters. The normalized spacial score (nSPS) is 12.6. The molecule has 0 bridgehead atoms. The first-order valence-corrected chi connectivity index (χ1v) is 9.80. The number of pyridine rings is 2. The number of anilines is 1. The zero-order valence-electron chi connectivity index (χ0n) is 17.7. The van der Waals surface area contributed by atoms with Crippen molar-refractivity contribution in [2.45, 2.75) is 0 Å². The molecule has 5 N–H and O–H groups in total. The van der Waals surface area contributed by atoms with E-state index in [4.69, 9.17) is 0 Å². The van der Waals surface area contributed by atoms with Gasteiger partial charge in [-0.15, -0.1) is 0 Å². The lowest BCUT2D eigenvalue weighted by atomic mass is 9.94. The summed E-state index contributed by atoms with van der Waals surface area (Å²) in [6.07, 6.45) is 9.73. The second-order valence-electron chi connectivity index (χ2n) is 6.99.